The molecule has 1 fully saturated rings. The number of hydrogen-bond donors (Lipinski definition) is 2. The smallest absolute Gasteiger partial charge is 0.191 e. The van der Waals surface area contributed by atoms with E-state index in [2.05, 4.69) is 25.8 Å². The third-order valence-corrected chi connectivity index (χ3v) is 6.18. The number of rotatable bonds is 5. The number of nitrogens with one attached hydrogen (secondary N) is 2. The lowest BCUT2D eigenvalue weighted by molar-refractivity contribution is 0.413. The number of guanidine groups is 1. The molecule has 0 aromatic carbocycles. The fourth-order valence-electron chi connectivity index (χ4n) is 2.91. The van der Waals surface area contributed by atoms with Gasteiger partial charge < -0.3 is 15.2 Å². The molecule has 0 saturated heterocycles. The van der Waals surface area contributed by atoms with Crippen molar-refractivity contribution in [2.75, 3.05) is 12.8 Å². The van der Waals surface area contributed by atoms with E-state index in [1.165, 1.54) is 0 Å². The van der Waals surface area contributed by atoms with E-state index in [9.17, 15) is 4.21 Å². The first-order chi connectivity index (χ1) is 11.0. The molecule has 0 spiro atoms. The predicted octanol–water partition coefficient (Wildman–Crippen LogP) is 1.49. The van der Waals surface area contributed by atoms with Gasteiger partial charge in [0.2, 0.25) is 0 Å². The molecular weight excluding hydrogens is 439 g/mol. The number of halogens is 1. The van der Waals surface area contributed by atoms with Gasteiger partial charge in [-0.2, -0.15) is 0 Å². The first-order valence-corrected chi connectivity index (χ1v) is 9.62. The first kappa shape index (κ1) is 21.3. The Bertz CT molecular complexity index is 576. The van der Waals surface area contributed by atoms with Crippen LogP contribution in [0.15, 0.2) is 4.99 Å². The molecule has 1 aromatic heterocycles. The van der Waals surface area contributed by atoms with E-state index in [4.69, 9.17) is 0 Å². The molecule has 0 aliphatic heterocycles. The summed E-state index contributed by atoms with van der Waals surface area (Å²) in [6.45, 7) is 4.50. The highest BCUT2D eigenvalue weighted by Gasteiger charge is 2.26. The highest BCUT2D eigenvalue weighted by molar-refractivity contribution is 14.0. The lowest BCUT2D eigenvalue weighted by Crippen LogP contribution is -2.46. The Balaban J connectivity index is 0.00000288. The van der Waals surface area contributed by atoms with E-state index in [0.29, 0.717) is 17.8 Å². The summed E-state index contributed by atoms with van der Waals surface area (Å²) in [5.41, 5.74) is 0. The second-order valence-corrected chi connectivity index (χ2v) is 7.95. The van der Waals surface area contributed by atoms with Crippen LogP contribution in [0.3, 0.4) is 0 Å². The number of nitrogens with zero attached hydrogens (tertiary/aromatic N) is 4. The SMILES string of the molecule is CCS(=O)C1CCCC(NC(=NC)NCc2nnc(C)n2C)C1.I. The largest absolute Gasteiger partial charge is 0.354 e. The van der Waals surface area contributed by atoms with E-state index in [-0.39, 0.29) is 24.0 Å². The fraction of sp³-hybridized carbons (Fsp3) is 0.800. The van der Waals surface area contributed by atoms with Crippen LogP contribution in [0.1, 0.15) is 44.3 Å². The topological polar surface area (TPSA) is 84.2 Å². The van der Waals surface area contributed by atoms with Gasteiger partial charge in [-0.3, -0.25) is 9.20 Å². The molecule has 1 aliphatic rings. The Kier molecular flexibility index (Phi) is 9.17. The minimum Gasteiger partial charge on any atom is -0.354 e. The van der Waals surface area contributed by atoms with Gasteiger partial charge in [-0.25, -0.2) is 0 Å². The summed E-state index contributed by atoms with van der Waals surface area (Å²) >= 11 is 0. The van der Waals surface area contributed by atoms with Crippen LogP contribution in [0.4, 0.5) is 0 Å². The highest BCUT2D eigenvalue weighted by Crippen LogP contribution is 2.22. The van der Waals surface area contributed by atoms with Crippen molar-refractivity contribution in [3.05, 3.63) is 11.6 Å². The second-order valence-electron chi connectivity index (χ2n) is 5.95. The standard InChI is InChI=1S/C15H28N6OS.HI/c1-5-23(22)13-8-6-7-12(9-13)18-15(16-3)17-10-14-20-19-11(2)21(14)4;/h12-13H,5-10H2,1-4H3,(H2,16,17,18);1H. The molecule has 1 saturated carbocycles. The minimum absolute atomic E-state index is 0. The van der Waals surface area contributed by atoms with Crippen molar-refractivity contribution in [1.29, 1.82) is 0 Å². The summed E-state index contributed by atoms with van der Waals surface area (Å²) in [6, 6.07) is 0.330. The van der Waals surface area contributed by atoms with Gasteiger partial charge in [0, 0.05) is 41.9 Å². The molecular formula is C15H29IN6OS. The maximum Gasteiger partial charge on any atom is 0.191 e. The summed E-state index contributed by atoms with van der Waals surface area (Å²) in [6.07, 6.45) is 4.24. The molecule has 24 heavy (non-hydrogen) atoms. The maximum atomic E-state index is 12.0. The summed E-state index contributed by atoms with van der Waals surface area (Å²) in [5, 5.41) is 15.2. The average molecular weight is 468 g/mol. The maximum absolute atomic E-state index is 12.0. The zero-order valence-corrected chi connectivity index (χ0v) is 18.1. The van der Waals surface area contributed by atoms with Crippen molar-refractivity contribution in [1.82, 2.24) is 25.4 Å². The van der Waals surface area contributed by atoms with Crippen LogP contribution >= 0.6 is 24.0 Å². The molecule has 1 heterocycles. The van der Waals surface area contributed by atoms with E-state index in [1.807, 2.05) is 25.5 Å². The van der Waals surface area contributed by atoms with Crippen molar-refractivity contribution < 1.29 is 4.21 Å². The molecule has 3 unspecified atom stereocenters. The van der Waals surface area contributed by atoms with Crippen molar-refractivity contribution in [2.45, 2.75) is 57.4 Å². The van der Waals surface area contributed by atoms with Gasteiger partial charge in [0.1, 0.15) is 5.82 Å². The molecule has 138 valence electrons. The quantitative estimate of drug-likeness (QED) is 0.389. The van der Waals surface area contributed by atoms with Crippen LogP contribution in [0.2, 0.25) is 0 Å². The van der Waals surface area contributed by atoms with Crippen LogP contribution < -0.4 is 10.6 Å². The second kappa shape index (κ2) is 10.3. The molecule has 1 aromatic rings. The summed E-state index contributed by atoms with van der Waals surface area (Å²) in [7, 11) is 3.01. The van der Waals surface area contributed by atoms with Crippen molar-refractivity contribution in [2.24, 2.45) is 12.0 Å². The van der Waals surface area contributed by atoms with Crippen molar-refractivity contribution in [3.63, 3.8) is 0 Å². The fourth-order valence-corrected chi connectivity index (χ4v) is 4.25. The lowest BCUT2D eigenvalue weighted by atomic mass is 9.95. The van der Waals surface area contributed by atoms with Crippen LogP contribution in [0, 0.1) is 6.92 Å². The van der Waals surface area contributed by atoms with E-state index < -0.39 is 10.8 Å². The predicted molar refractivity (Wildman–Crippen MR) is 109 cm³/mol. The van der Waals surface area contributed by atoms with Crippen LogP contribution in [0.25, 0.3) is 0 Å². The Hall–Kier alpha value is -0.710. The van der Waals surface area contributed by atoms with E-state index in [1.54, 1.807) is 7.05 Å². The van der Waals surface area contributed by atoms with E-state index in [0.717, 1.165) is 49.0 Å². The number of aromatic nitrogens is 3. The zero-order chi connectivity index (χ0) is 16.8. The molecule has 7 nitrogen and oxygen atoms in total. The van der Waals surface area contributed by atoms with Gasteiger partial charge in [-0.15, -0.1) is 34.2 Å². The van der Waals surface area contributed by atoms with Gasteiger partial charge in [-0.05, 0) is 26.2 Å². The molecule has 0 radical (unpaired) electrons. The van der Waals surface area contributed by atoms with Gasteiger partial charge in [0.15, 0.2) is 11.8 Å². The number of aliphatic imine (C=N–C) groups is 1. The third kappa shape index (κ3) is 5.68. The Morgan fingerprint density at radius 1 is 1.42 bits per heavy atom. The van der Waals surface area contributed by atoms with Gasteiger partial charge in [0.25, 0.3) is 0 Å². The molecule has 2 rings (SSSR count). The van der Waals surface area contributed by atoms with Crippen molar-refractivity contribution >= 4 is 40.7 Å². The van der Waals surface area contributed by atoms with Crippen molar-refractivity contribution in [3.8, 4) is 0 Å². The number of hydrogen-bond acceptors (Lipinski definition) is 4. The molecule has 9 heteroatoms. The summed E-state index contributed by atoms with van der Waals surface area (Å²) in [4.78, 5) is 4.28. The Morgan fingerprint density at radius 2 is 2.17 bits per heavy atom. The first-order valence-electron chi connectivity index (χ1n) is 8.24. The Labute approximate surface area is 164 Å². The van der Waals surface area contributed by atoms with Crippen LogP contribution in [-0.2, 0) is 24.4 Å². The summed E-state index contributed by atoms with van der Waals surface area (Å²) in [5.74, 6) is 3.27. The lowest BCUT2D eigenvalue weighted by Gasteiger charge is -2.30. The monoisotopic (exact) mass is 468 g/mol. The number of aryl methyl sites for hydroxylation is 1. The normalized spacial score (nSPS) is 22.6. The summed E-state index contributed by atoms with van der Waals surface area (Å²) < 4.78 is 14.0. The highest BCUT2D eigenvalue weighted by atomic mass is 127. The van der Waals surface area contributed by atoms with Gasteiger partial charge in [0.05, 0.1) is 6.54 Å². The molecule has 0 amide bonds. The van der Waals surface area contributed by atoms with Gasteiger partial charge in [-0.1, -0.05) is 13.3 Å². The van der Waals surface area contributed by atoms with Crippen LogP contribution in [0.5, 0.6) is 0 Å². The minimum atomic E-state index is -0.707. The zero-order valence-electron chi connectivity index (χ0n) is 14.9. The Morgan fingerprint density at radius 3 is 2.75 bits per heavy atom. The molecule has 2 N–H and O–H groups in total. The molecule has 1 aliphatic carbocycles. The van der Waals surface area contributed by atoms with Gasteiger partial charge >= 0.3 is 0 Å². The average Bonchev–Trinajstić information content (AvgIpc) is 2.90. The van der Waals surface area contributed by atoms with Crippen LogP contribution in [-0.4, -0.2) is 49.0 Å². The van der Waals surface area contributed by atoms with E-state index >= 15 is 0 Å². The third-order valence-electron chi connectivity index (χ3n) is 4.44. The molecule has 3 atom stereocenters. The molecule has 0 bridgehead atoms.